The van der Waals surface area contributed by atoms with E-state index in [2.05, 4.69) is 48.8 Å². The number of hydrogen-bond donors (Lipinski definition) is 2. The third-order valence-electron chi connectivity index (χ3n) is 5.08. The summed E-state index contributed by atoms with van der Waals surface area (Å²) in [5.41, 5.74) is 0. The van der Waals surface area contributed by atoms with Crippen LogP contribution in [0.5, 0.6) is 0 Å². The largest absolute Gasteiger partial charge is 0.356 e. The molecule has 0 aliphatic rings. The number of allylic oxidation sites excluding steroid dienone is 4. The quantitative estimate of drug-likeness (QED) is 0.162. The van der Waals surface area contributed by atoms with Gasteiger partial charge in [-0.2, -0.15) is 0 Å². The van der Waals surface area contributed by atoms with E-state index < -0.39 is 0 Å². The molecule has 30 heavy (non-hydrogen) atoms. The van der Waals surface area contributed by atoms with Crippen LogP contribution in [0.15, 0.2) is 24.3 Å². The highest BCUT2D eigenvalue weighted by atomic mass is 16.2. The molecule has 0 atom stereocenters. The maximum Gasteiger partial charge on any atom is 0.219 e. The van der Waals surface area contributed by atoms with E-state index in [0.717, 1.165) is 64.5 Å². The Balaban J connectivity index is 3.39. The maximum atomic E-state index is 11.8. The van der Waals surface area contributed by atoms with Crippen LogP contribution in [0, 0.1) is 0 Å². The Kier molecular flexibility index (Phi) is 22.4. The lowest BCUT2D eigenvalue weighted by Crippen LogP contribution is -2.25. The van der Waals surface area contributed by atoms with E-state index in [9.17, 15) is 9.59 Å². The van der Waals surface area contributed by atoms with Crippen LogP contribution >= 0.6 is 0 Å². The Morgan fingerprint density at radius 2 is 0.900 bits per heavy atom. The van der Waals surface area contributed by atoms with Gasteiger partial charge in [0.1, 0.15) is 0 Å². The molecule has 0 aromatic carbocycles. The summed E-state index contributed by atoms with van der Waals surface area (Å²) < 4.78 is 0. The van der Waals surface area contributed by atoms with Gasteiger partial charge >= 0.3 is 0 Å². The van der Waals surface area contributed by atoms with Crippen LogP contribution in [0.1, 0.15) is 117 Å². The molecule has 0 unspecified atom stereocenters. The molecule has 2 N–H and O–H groups in total. The maximum absolute atomic E-state index is 11.8. The molecule has 174 valence electrons. The molecule has 4 heteroatoms. The van der Waals surface area contributed by atoms with Crippen molar-refractivity contribution in [3.63, 3.8) is 0 Å². The zero-order valence-electron chi connectivity index (χ0n) is 19.9. The number of carbonyl (C=O) groups is 2. The van der Waals surface area contributed by atoms with Crippen molar-refractivity contribution in [1.29, 1.82) is 0 Å². The van der Waals surface area contributed by atoms with Gasteiger partial charge in [0.15, 0.2) is 0 Å². The van der Waals surface area contributed by atoms with E-state index in [4.69, 9.17) is 0 Å². The topological polar surface area (TPSA) is 58.2 Å². The molecule has 0 saturated carbocycles. The molecule has 4 nitrogen and oxygen atoms in total. The van der Waals surface area contributed by atoms with Crippen LogP contribution < -0.4 is 10.6 Å². The number of amides is 2. The molecule has 0 fully saturated rings. The van der Waals surface area contributed by atoms with Gasteiger partial charge in [-0.3, -0.25) is 9.59 Å². The third-order valence-corrected chi connectivity index (χ3v) is 5.08. The summed E-state index contributed by atoms with van der Waals surface area (Å²) in [6, 6.07) is 0. The van der Waals surface area contributed by atoms with Gasteiger partial charge in [0.2, 0.25) is 11.8 Å². The summed E-state index contributed by atoms with van der Waals surface area (Å²) in [6.45, 7) is 5.94. The average molecular weight is 421 g/mol. The van der Waals surface area contributed by atoms with Crippen LogP contribution in [0.3, 0.4) is 0 Å². The van der Waals surface area contributed by atoms with Crippen LogP contribution in [0.25, 0.3) is 0 Å². The van der Waals surface area contributed by atoms with Gasteiger partial charge in [-0.05, 0) is 64.2 Å². The standard InChI is InChI=1S/C26H48N2O2/c1-3-5-7-9-11-13-15-19-23-27-25(29)21-17-18-22-26(30)28-24-20-16-14-12-10-8-6-4-2/h9-12H,3-8,13-24H2,1-2H3,(H,27,29)(H,28,30)/b11-9+,12-10+. The minimum Gasteiger partial charge on any atom is -0.356 e. The normalized spacial score (nSPS) is 11.4. The second kappa shape index (κ2) is 23.7. The van der Waals surface area contributed by atoms with Crippen molar-refractivity contribution in [3.8, 4) is 0 Å². The highest BCUT2D eigenvalue weighted by Gasteiger charge is 2.03. The number of unbranched alkanes of at least 4 members (excludes halogenated alkanes) is 9. The molecule has 0 bridgehead atoms. The zero-order valence-corrected chi connectivity index (χ0v) is 19.9. The van der Waals surface area contributed by atoms with Crippen molar-refractivity contribution in [2.75, 3.05) is 13.1 Å². The van der Waals surface area contributed by atoms with Gasteiger partial charge in [-0.25, -0.2) is 0 Å². The van der Waals surface area contributed by atoms with Crippen LogP contribution in [-0.4, -0.2) is 24.9 Å². The van der Waals surface area contributed by atoms with Crippen molar-refractivity contribution < 1.29 is 9.59 Å². The van der Waals surface area contributed by atoms with Crippen LogP contribution in [0.2, 0.25) is 0 Å². The number of nitrogens with one attached hydrogen (secondary N) is 2. The first-order valence-electron chi connectivity index (χ1n) is 12.5. The molecule has 0 rings (SSSR count). The highest BCUT2D eigenvalue weighted by Crippen LogP contribution is 2.03. The average Bonchev–Trinajstić information content (AvgIpc) is 2.74. The summed E-state index contributed by atoms with van der Waals surface area (Å²) in [7, 11) is 0. The second-order valence-corrected chi connectivity index (χ2v) is 8.13. The Bertz CT molecular complexity index is 416. The molecular formula is C26H48N2O2. The van der Waals surface area contributed by atoms with Crippen molar-refractivity contribution in [2.45, 2.75) is 117 Å². The molecule has 0 aliphatic heterocycles. The smallest absolute Gasteiger partial charge is 0.219 e. The van der Waals surface area contributed by atoms with Gasteiger partial charge in [-0.1, -0.05) is 63.8 Å². The van der Waals surface area contributed by atoms with Gasteiger partial charge in [0.25, 0.3) is 0 Å². The van der Waals surface area contributed by atoms with E-state index in [-0.39, 0.29) is 11.8 Å². The molecule has 0 aliphatic carbocycles. The predicted octanol–water partition coefficient (Wildman–Crippen LogP) is 6.61. The summed E-state index contributed by atoms with van der Waals surface area (Å²) in [5.74, 6) is 0.224. The summed E-state index contributed by atoms with van der Waals surface area (Å²) in [4.78, 5) is 23.6. The summed E-state index contributed by atoms with van der Waals surface area (Å²) in [6.07, 6.45) is 25.6. The molecule has 2 amide bonds. The first-order chi connectivity index (χ1) is 14.7. The second-order valence-electron chi connectivity index (χ2n) is 8.13. The minimum absolute atomic E-state index is 0.112. The van der Waals surface area contributed by atoms with E-state index in [1.807, 2.05) is 0 Å². The first-order valence-corrected chi connectivity index (χ1v) is 12.5. The first kappa shape index (κ1) is 28.4. The fourth-order valence-corrected chi connectivity index (χ4v) is 3.09. The van der Waals surface area contributed by atoms with E-state index in [0.29, 0.717) is 12.8 Å². The molecular weight excluding hydrogens is 372 g/mol. The van der Waals surface area contributed by atoms with Gasteiger partial charge < -0.3 is 10.6 Å². The Labute approximate surface area is 186 Å². The highest BCUT2D eigenvalue weighted by molar-refractivity contribution is 5.77. The van der Waals surface area contributed by atoms with Gasteiger partial charge in [0, 0.05) is 25.9 Å². The number of hydrogen-bond acceptors (Lipinski definition) is 2. The fourth-order valence-electron chi connectivity index (χ4n) is 3.09. The van der Waals surface area contributed by atoms with E-state index in [1.54, 1.807) is 0 Å². The molecule has 0 aromatic heterocycles. The fraction of sp³-hybridized carbons (Fsp3) is 0.769. The molecule has 0 saturated heterocycles. The number of rotatable bonds is 21. The van der Waals surface area contributed by atoms with Gasteiger partial charge in [-0.15, -0.1) is 0 Å². The monoisotopic (exact) mass is 420 g/mol. The lowest BCUT2D eigenvalue weighted by atomic mass is 10.1. The Morgan fingerprint density at radius 3 is 1.27 bits per heavy atom. The van der Waals surface area contributed by atoms with Crippen molar-refractivity contribution in [2.24, 2.45) is 0 Å². The number of carbonyl (C=O) groups excluding carboxylic acids is 2. The minimum atomic E-state index is 0.112. The third kappa shape index (κ3) is 22.7. The van der Waals surface area contributed by atoms with Crippen LogP contribution in [0.4, 0.5) is 0 Å². The lowest BCUT2D eigenvalue weighted by Gasteiger charge is -2.06. The van der Waals surface area contributed by atoms with Crippen LogP contribution in [-0.2, 0) is 9.59 Å². The zero-order chi connectivity index (χ0) is 22.1. The van der Waals surface area contributed by atoms with E-state index in [1.165, 1.54) is 38.5 Å². The molecule has 0 aromatic rings. The van der Waals surface area contributed by atoms with Crippen molar-refractivity contribution in [3.05, 3.63) is 24.3 Å². The van der Waals surface area contributed by atoms with Crippen molar-refractivity contribution >= 4 is 11.8 Å². The molecule has 0 spiro atoms. The predicted molar refractivity (Wildman–Crippen MR) is 130 cm³/mol. The molecule has 0 heterocycles. The van der Waals surface area contributed by atoms with Crippen molar-refractivity contribution in [1.82, 2.24) is 10.6 Å². The summed E-state index contributed by atoms with van der Waals surface area (Å²) in [5, 5.41) is 5.97. The molecule has 0 radical (unpaired) electrons. The summed E-state index contributed by atoms with van der Waals surface area (Å²) >= 11 is 0. The van der Waals surface area contributed by atoms with Gasteiger partial charge in [0.05, 0.1) is 0 Å². The Hall–Kier alpha value is -1.58. The SMILES string of the molecule is CCCC/C=C/CCCCNC(=O)CCCCC(=O)NCCCC/C=C/CCCC. The van der Waals surface area contributed by atoms with E-state index >= 15 is 0 Å². The Morgan fingerprint density at radius 1 is 0.533 bits per heavy atom. The lowest BCUT2D eigenvalue weighted by molar-refractivity contribution is -0.123.